The zero-order chi connectivity index (χ0) is 17.5. The lowest BCUT2D eigenvalue weighted by Crippen LogP contribution is -2.35. The van der Waals surface area contributed by atoms with Gasteiger partial charge in [-0.15, -0.1) is 0 Å². The number of benzene rings is 2. The molecule has 24 heavy (non-hydrogen) atoms. The number of methoxy groups -OCH3 is 1. The smallest absolute Gasteiger partial charge is 0.319 e. The van der Waals surface area contributed by atoms with E-state index in [1.165, 1.54) is 19.2 Å². The molecule has 0 heterocycles. The molecule has 0 aliphatic carbocycles. The first kappa shape index (κ1) is 17.7. The molecule has 3 N–H and O–H groups in total. The number of amides is 3. The van der Waals surface area contributed by atoms with E-state index >= 15 is 0 Å². The number of urea groups is 1. The Morgan fingerprint density at radius 3 is 2.67 bits per heavy atom. The van der Waals surface area contributed by atoms with Gasteiger partial charge in [-0.2, -0.15) is 0 Å². The molecule has 0 aliphatic heterocycles. The van der Waals surface area contributed by atoms with Crippen LogP contribution in [0.2, 0.25) is 0 Å². The van der Waals surface area contributed by atoms with Crippen molar-refractivity contribution in [1.82, 2.24) is 5.32 Å². The highest BCUT2D eigenvalue weighted by molar-refractivity contribution is 9.10. The third kappa shape index (κ3) is 5.24. The van der Waals surface area contributed by atoms with Crippen molar-refractivity contribution in [1.29, 1.82) is 0 Å². The third-order valence-electron chi connectivity index (χ3n) is 2.94. The normalized spacial score (nSPS) is 9.96. The molecule has 0 saturated heterocycles. The van der Waals surface area contributed by atoms with E-state index in [-0.39, 0.29) is 12.2 Å². The van der Waals surface area contributed by atoms with Crippen molar-refractivity contribution in [2.45, 2.75) is 0 Å². The molecule has 126 valence electrons. The zero-order valence-corrected chi connectivity index (χ0v) is 14.3. The minimum Gasteiger partial charge on any atom is -0.497 e. The Morgan fingerprint density at radius 2 is 1.96 bits per heavy atom. The Kier molecular flexibility index (Phi) is 6.14. The maximum Gasteiger partial charge on any atom is 0.319 e. The van der Waals surface area contributed by atoms with E-state index in [2.05, 4.69) is 31.9 Å². The molecule has 8 heteroatoms. The lowest BCUT2D eigenvalue weighted by molar-refractivity contribution is -0.115. The Morgan fingerprint density at radius 1 is 1.17 bits per heavy atom. The Bertz CT molecular complexity index is 755. The summed E-state index contributed by atoms with van der Waals surface area (Å²) in [6.07, 6.45) is 0. The molecular formula is C16H15BrFN3O3. The zero-order valence-electron chi connectivity index (χ0n) is 12.7. The number of carbonyl (C=O) groups excluding carboxylic acids is 2. The minimum absolute atomic E-state index is 0.0400. The summed E-state index contributed by atoms with van der Waals surface area (Å²) in [5, 5.41) is 7.33. The first-order valence-electron chi connectivity index (χ1n) is 6.92. The largest absolute Gasteiger partial charge is 0.497 e. The molecule has 0 aliphatic rings. The summed E-state index contributed by atoms with van der Waals surface area (Å²) in [5.41, 5.74) is 0.560. The average Bonchev–Trinajstić information content (AvgIpc) is 2.56. The molecule has 2 aromatic rings. The molecule has 0 saturated carbocycles. The standard InChI is InChI=1S/C16H15BrFN3O3/c1-24-12-4-2-3-11(8-12)20-16(23)19-9-15(22)21-14-6-5-10(17)7-13(14)18/h2-8H,9H2,1H3,(H,21,22)(H2,19,20,23). The van der Waals surface area contributed by atoms with Gasteiger partial charge >= 0.3 is 6.03 Å². The monoisotopic (exact) mass is 395 g/mol. The molecule has 0 fully saturated rings. The highest BCUT2D eigenvalue weighted by atomic mass is 79.9. The number of hydrogen-bond acceptors (Lipinski definition) is 3. The van der Waals surface area contributed by atoms with Crippen molar-refractivity contribution in [3.8, 4) is 5.75 Å². The van der Waals surface area contributed by atoms with E-state index in [4.69, 9.17) is 4.74 Å². The number of carbonyl (C=O) groups is 2. The Hall–Kier alpha value is -2.61. The predicted molar refractivity (Wildman–Crippen MR) is 92.7 cm³/mol. The molecule has 2 aromatic carbocycles. The average molecular weight is 396 g/mol. The van der Waals surface area contributed by atoms with Gasteiger partial charge in [-0.05, 0) is 30.3 Å². The van der Waals surface area contributed by atoms with Crippen LogP contribution in [0.3, 0.4) is 0 Å². The second kappa shape index (κ2) is 8.30. The van der Waals surface area contributed by atoms with Crippen LogP contribution in [0.1, 0.15) is 0 Å². The lowest BCUT2D eigenvalue weighted by Gasteiger charge is -2.10. The molecule has 2 rings (SSSR count). The summed E-state index contributed by atoms with van der Waals surface area (Å²) >= 11 is 3.13. The van der Waals surface area contributed by atoms with Crippen LogP contribution in [-0.2, 0) is 4.79 Å². The topological polar surface area (TPSA) is 79.5 Å². The fourth-order valence-electron chi connectivity index (χ4n) is 1.82. The van der Waals surface area contributed by atoms with Crippen LogP contribution in [0.5, 0.6) is 5.75 Å². The van der Waals surface area contributed by atoms with Crippen molar-refractivity contribution in [2.75, 3.05) is 24.3 Å². The van der Waals surface area contributed by atoms with E-state index < -0.39 is 17.8 Å². The van der Waals surface area contributed by atoms with Gasteiger partial charge in [-0.25, -0.2) is 9.18 Å². The number of hydrogen-bond donors (Lipinski definition) is 3. The predicted octanol–water partition coefficient (Wildman–Crippen LogP) is 3.36. The van der Waals surface area contributed by atoms with Crippen molar-refractivity contribution in [2.24, 2.45) is 0 Å². The number of rotatable bonds is 5. The van der Waals surface area contributed by atoms with Crippen LogP contribution in [0.15, 0.2) is 46.9 Å². The van der Waals surface area contributed by atoms with Crippen LogP contribution < -0.4 is 20.7 Å². The fourth-order valence-corrected chi connectivity index (χ4v) is 2.16. The van der Waals surface area contributed by atoms with Crippen molar-refractivity contribution in [3.63, 3.8) is 0 Å². The summed E-state index contributed by atoms with van der Waals surface area (Å²) in [5.74, 6) is -0.521. The lowest BCUT2D eigenvalue weighted by atomic mass is 10.3. The number of nitrogens with one attached hydrogen (secondary N) is 3. The second-order valence-electron chi connectivity index (χ2n) is 4.71. The van der Waals surface area contributed by atoms with Crippen molar-refractivity contribution >= 4 is 39.2 Å². The van der Waals surface area contributed by atoms with Crippen LogP contribution in [0.4, 0.5) is 20.6 Å². The summed E-state index contributed by atoms with van der Waals surface area (Å²) in [7, 11) is 1.52. The third-order valence-corrected chi connectivity index (χ3v) is 3.44. The maximum absolute atomic E-state index is 13.6. The molecular weight excluding hydrogens is 381 g/mol. The second-order valence-corrected chi connectivity index (χ2v) is 5.63. The van der Waals surface area contributed by atoms with Gasteiger partial charge in [-0.3, -0.25) is 4.79 Å². The van der Waals surface area contributed by atoms with Crippen LogP contribution in [-0.4, -0.2) is 25.6 Å². The van der Waals surface area contributed by atoms with Gasteiger partial charge in [0.2, 0.25) is 5.91 Å². The van der Waals surface area contributed by atoms with Gasteiger partial charge in [0.05, 0.1) is 19.3 Å². The Labute approximate surface area is 146 Å². The van der Waals surface area contributed by atoms with Gasteiger partial charge in [0.15, 0.2) is 0 Å². The van der Waals surface area contributed by atoms with Gasteiger partial charge in [0, 0.05) is 16.2 Å². The highest BCUT2D eigenvalue weighted by Crippen LogP contribution is 2.19. The fraction of sp³-hybridized carbons (Fsp3) is 0.125. The first-order chi connectivity index (χ1) is 11.5. The minimum atomic E-state index is -0.571. The highest BCUT2D eigenvalue weighted by Gasteiger charge is 2.09. The number of anilines is 2. The van der Waals surface area contributed by atoms with Gasteiger partial charge in [0.25, 0.3) is 0 Å². The summed E-state index contributed by atoms with van der Waals surface area (Å²) in [6, 6.07) is 10.5. The van der Waals surface area contributed by atoms with Crippen molar-refractivity contribution < 1.29 is 18.7 Å². The van der Waals surface area contributed by atoms with E-state index in [0.29, 0.717) is 15.9 Å². The van der Waals surface area contributed by atoms with Gasteiger partial charge < -0.3 is 20.7 Å². The van der Waals surface area contributed by atoms with Crippen LogP contribution in [0, 0.1) is 5.82 Å². The molecule has 0 radical (unpaired) electrons. The van der Waals surface area contributed by atoms with E-state index in [1.807, 2.05) is 0 Å². The Balaban J connectivity index is 1.83. The van der Waals surface area contributed by atoms with E-state index in [0.717, 1.165) is 0 Å². The van der Waals surface area contributed by atoms with E-state index in [1.54, 1.807) is 30.3 Å². The maximum atomic E-state index is 13.6. The van der Waals surface area contributed by atoms with Crippen LogP contribution >= 0.6 is 15.9 Å². The first-order valence-corrected chi connectivity index (χ1v) is 7.71. The van der Waals surface area contributed by atoms with Gasteiger partial charge in [0.1, 0.15) is 11.6 Å². The quantitative estimate of drug-likeness (QED) is 0.725. The summed E-state index contributed by atoms with van der Waals surface area (Å²) < 4.78 is 19.2. The number of ether oxygens (including phenoxy) is 1. The van der Waals surface area contributed by atoms with E-state index in [9.17, 15) is 14.0 Å². The SMILES string of the molecule is COc1cccc(NC(=O)NCC(=O)Nc2ccc(Br)cc2F)c1. The van der Waals surface area contributed by atoms with Crippen molar-refractivity contribution in [3.05, 3.63) is 52.8 Å². The molecule has 6 nitrogen and oxygen atoms in total. The molecule has 0 atom stereocenters. The van der Waals surface area contributed by atoms with Gasteiger partial charge in [-0.1, -0.05) is 22.0 Å². The number of halogens is 2. The molecule has 0 bridgehead atoms. The summed E-state index contributed by atoms with van der Waals surface area (Å²) in [6.45, 7) is -0.300. The van der Waals surface area contributed by atoms with Crippen LogP contribution in [0.25, 0.3) is 0 Å². The molecule has 3 amide bonds. The molecule has 0 unspecified atom stereocenters. The molecule has 0 spiro atoms. The summed E-state index contributed by atoms with van der Waals surface area (Å²) in [4.78, 5) is 23.5. The molecule has 0 aromatic heterocycles.